The second-order valence-electron chi connectivity index (χ2n) is 5.52. The van der Waals surface area contributed by atoms with Crippen molar-refractivity contribution in [3.05, 3.63) is 33.9 Å². The van der Waals surface area contributed by atoms with E-state index in [4.69, 9.17) is 9.47 Å². The summed E-state index contributed by atoms with van der Waals surface area (Å²) in [5.74, 6) is -1.48. The third kappa shape index (κ3) is 4.75. The molecule has 25 heavy (non-hydrogen) atoms. The van der Waals surface area contributed by atoms with E-state index in [9.17, 15) is 24.5 Å². The molecule has 0 heterocycles. The lowest BCUT2D eigenvalue weighted by atomic mass is 9.96. The van der Waals surface area contributed by atoms with Crippen LogP contribution in [0.1, 0.15) is 36.0 Å². The molecule has 2 rings (SSSR count). The molecular weight excluding hydrogens is 332 g/mol. The molecule has 0 aliphatic heterocycles. The van der Waals surface area contributed by atoms with E-state index in [0.717, 1.165) is 18.9 Å². The number of amides is 1. The van der Waals surface area contributed by atoms with Gasteiger partial charge >= 0.3 is 11.7 Å². The molecule has 1 aromatic carbocycles. The third-order valence-corrected chi connectivity index (χ3v) is 3.80. The van der Waals surface area contributed by atoms with E-state index in [1.807, 2.05) is 0 Å². The average molecular weight is 350 g/mol. The van der Waals surface area contributed by atoms with Crippen molar-refractivity contribution in [2.75, 3.05) is 13.7 Å². The molecule has 0 saturated heterocycles. The fraction of sp³-hybridized carbons (Fsp3) is 0.438. The van der Waals surface area contributed by atoms with Crippen LogP contribution in [0.15, 0.2) is 18.2 Å². The monoisotopic (exact) mass is 350 g/mol. The number of nitrogens with zero attached hydrogens (tertiary/aromatic N) is 1. The summed E-state index contributed by atoms with van der Waals surface area (Å²) in [6, 6.07) is 3.70. The van der Waals surface area contributed by atoms with Gasteiger partial charge < -0.3 is 14.8 Å². The van der Waals surface area contributed by atoms with E-state index < -0.39 is 29.4 Å². The first-order valence-corrected chi connectivity index (χ1v) is 7.75. The first-order valence-electron chi connectivity index (χ1n) is 7.75. The van der Waals surface area contributed by atoms with Crippen LogP contribution in [0.5, 0.6) is 5.75 Å². The number of esters is 1. The summed E-state index contributed by atoms with van der Waals surface area (Å²) in [4.78, 5) is 45.7. The van der Waals surface area contributed by atoms with Crippen LogP contribution in [0.3, 0.4) is 0 Å². The normalized spacial score (nSPS) is 16.8. The Kier molecular flexibility index (Phi) is 6.04. The number of Topliss-reactive ketones (excluding diaryl/α,β-unsaturated/α-hetero) is 1. The number of nitro groups is 1. The smallest absolute Gasteiger partial charge is 0.326 e. The molecule has 0 aromatic heterocycles. The SMILES string of the molecule is COc1ccc(C(=O)NCC(=O)O[C@H]2CCCCC2=O)cc1[N+](=O)[O-]. The summed E-state index contributed by atoms with van der Waals surface area (Å²) in [7, 11) is 1.28. The van der Waals surface area contributed by atoms with E-state index >= 15 is 0 Å². The predicted octanol–water partition coefficient (Wildman–Crippen LogP) is 1.39. The first kappa shape index (κ1) is 18.4. The van der Waals surface area contributed by atoms with Gasteiger partial charge in [-0.3, -0.25) is 24.5 Å². The lowest BCUT2D eigenvalue weighted by Crippen LogP contribution is -2.36. The van der Waals surface area contributed by atoms with Crippen molar-refractivity contribution in [1.82, 2.24) is 5.32 Å². The average Bonchev–Trinajstić information content (AvgIpc) is 2.61. The van der Waals surface area contributed by atoms with E-state index in [-0.39, 0.29) is 22.8 Å². The van der Waals surface area contributed by atoms with Gasteiger partial charge in [-0.2, -0.15) is 0 Å². The highest BCUT2D eigenvalue weighted by Crippen LogP contribution is 2.27. The van der Waals surface area contributed by atoms with Gasteiger partial charge in [0.15, 0.2) is 17.6 Å². The summed E-state index contributed by atoms with van der Waals surface area (Å²) in [6.07, 6.45) is 1.73. The lowest BCUT2D eigenvalue weighted by molar-refractivity contribution is -0.385. The maximum absolute atomic E-state index is 12.0. The summed E-state index contributed by atoms with van der Waals surface area (Å²) in [6.45, 7) is -0.428. The van der Waals surface area contributed by atoms with Crippen LogP contribution in [-0.4, -0.2) is 42.3 Å². The number of benzene rings is 1. The van der Waals surface area contributed by atoms with Crippen LogP contribution < -0.4 is 10.1 Å². The maximum atomic E-state index is 12.0. The molecule has 1 aliphatic rings. The van der Waals surface area contributed by atoms with Crippen LogP contribution in [0.2, 0.25) is 0 Å². The molecule has 1 aromatic rings. The van der Waals surface area contributed by atoms with Crippen LogP contribution in [0, 0.1) is 10.1 Å². The molecule has 0 spiro atoms. The Morgan fingerprint density at radius 2 is 2.12 bits per heavy atom. The van der Waals surface area contributed by atoms with Crippen LogP contribution in [0.4, 0.5) is 5.69 Å². The summed E-state index contributed by atoms with van der Waals surface area (Å²) in [5, 5.41) is 13.3. The highest BCUT2D eigenvalue weighted by atomic mass is 16.6. The highest BCUT2D eigenvalue weighted by molar-refractivity contribution is 5.97. The Labute approximate surface area is 143 Å². The molecule has 1 amide bonds. The van der Waals surface area contributed by atoms with Gasteiger partial charge in [0.05, 0.1) is 12.0 Å². The number of ether oxygens (including phenoxy) is 2. The molecule has 1 saturated carbocycles. The molecule has 1 aliphatic carbocycles. The first-order chi connectivity index (χ1) is 11.9. The molecule has 1 fully saturated rings. The molecule has 0 bridgehead atoms. The van der Waals surface area contributed by atoms with E-state index in [1.165, 1.54) is 19.2 Å². The van der Waals surface area contributed by atoms with Crippen molar-refractivity contribution in [2.45, 2.75) is 31.8 Å². The van der Waals surface area contributed by atoms with E-state index in [2.05, 4.69) is 5.32 Å². The zero-order valence-corrected chi connectivity index (χ0v) is 13.6. The standard InChI is InChI=1S/C16H18N2O7/c1-24-13-7-6-10(8-11(13)18(22)23)16(21)17-9-15(20)25-14-5-3-2-4-12(14)19/h6-8,14H,2-5,9H2,1H3,(H,17,21)/t14-/m0/s1. The predicted molar refractivity (Wildman–Crippen MR) is 85.3 cm³/mol. The number of carbonyl (C=O) groups is 3. The zero-order chi connectivity index (χ0) is 18.4. The number of ketones is 1. The number of methoxy groups -OCH3 is 1. The van der Waals surface area contributed by atoms with Gasteiger partial charge in [-0.1, -0.05) is 0 Å². The lowest BCUT2D eigenvalue weighted by Gasteiger charge is -2.20. The Hall–Kier alpha value is -2.97. The Bertz CT molecular complexity index is 702. The second-order valence-corrected chi connectivity index (χ2v) is 5.52. The number of nitrogens with one attached hydrogen (secondary N) is 1. The zero-order valence-electron chi connectivity index (χ0n) is 13.6. The summed E-state index contributed by atoms with van der Waals surface area (Å²) >= 11 is 0. The van der Waals surface area contributed by atoms with Crippen LogP contribution in [0.25, 0.3) is 0 Å². The van der Waals surface area contributed by atoms with Gasteiger partial charge in [0, 0.05) is 18.1 Å². The minimum Gasteiger partial charge on any atom is -0.490 e. The number of carbonyl (C=O) groups excluding carboxylic acids is 3. The minimum absolute atomic E-state index is 0.00837. The number of rotatable bonds is 6. The third-order valence-electron chi connectivity index (χ3n) is 3.80. The highest BCUT2D eigenvalue weighted by Gasteiger charge is 2.26. The topological polar surface area (TPSA) is 125 Å². The minimum atomic E-state index is -0.750. The van der Waals surface area contributed by atoms with Crippen molar-refractivity contribution < 1.29 is 28.8 Å². The van der Waals surface area contributed by atoms with Crippen molar-refractivity contribution >= 4 is 23.3 Å². The van der Waals surface area contributed by atoms with Crippen molar-refractivity contribution in [2.24, 2.45) is 0 Å². The number of hydrogen-bond acceptors (Lipinski definition) is 7. The molecule has 134 valence electrons. The second kappa shape index (κ2) is 8.22. The molecule has 9 heteroatoms. The van der Waals surface area contributed by atoms with Gasteiger partial charge in [0.1, 0.15) is 6.54 Å². The Morgan fingerprint density at radius 1 is 1.36 bits per heavy atom. The maximum Gasteiger partial charge on any atom is 0.326 e. The van der Waals surface area contributed by atoms with Gasteiger partial charge in [-0.05, 0) is 31.4 Å². The molecule has 0 radical (unpaired) electrons. The van der Waals surface area contributed by atoms with E-state index in [1.54, 1.807) is 0 Å². The fourth-order valence-corrected chi connectivity index (χ4v) is 2.50. The fourth-order valence-electron chi connectivity index (χ4n) is 2.50. The van der Waals surface area contributed by atoms with E-state index in [0.29, 0.717) is 12.8 Å². The van der Waals surface area contributed by atoms with Crippen molar-refractivity contribution in [1.29, 1.82) is 0 Å². The molecule has 0 unspecified atom stereocenters. The van der Waals surface area contributed by atoms with Gasteiger partial charge in [-0.15, -0.1) is 0 Å². The molecule has 1 atom stereocenters. The molecule has 9 nitrogen and oxygen atoms in total. The molecular formula is C16H18N2O7. The van der Waals surface area contributed by atoms with Gasteiger partial charge in [0.2, 0.25) is 0 Å². The Balaban J connectivity index is 1.93. The van der Waals surface area contributed by atoms with Crippen molar-refractivity contribution in [3.8, 4) is 5.75 Å². The quantitative estimate of drug-likeness (QED) is 0.467. The largest absolute Gasteiger partial charge is 0.490 e. The van der Waals surface area contributed by atoms with Crippen molar-refractivity contribution in [3.63, 3.8) is 0 Å². The summed E-state index contributed by atoms with van der Waals surface area (Å²) < 4.78 is 9.91. The Morgan fingerprint density at radius 3 is 2.76 bits per heavy atom. The number of nitro benzene ring substituents is 1. The van der Waals surface area contributed by atoms with Crippen LogP contribution >= 0.6 is 0 Å². The van der Waals surface area contributed by atoms with Crippen LogP contribution in [-0.2, 0) is 14.3 Å². The van der Waals surface area contributed by atoms with Gasteiger partial charge in [0.25, 0.3) is 5.91 Å². The number of hydrogen-bond donors (Lipinski definition) is 1. The molecule has 1 N–H and O–H groups in total. The van der Waals surface area contributed by atoms with Gasteiger partial charge in [-0.25, -0.2) is 0 Å². The summed E-state index contributed by atoms with van der Waals surface area (Å²) in [5.41, 5.74) is -0.348.